The smallest absolute Gasteiger partial charge is 0.102 e. The van der Waals surface area contributed by atoms with Crippen LogP contribution in [0.4, 0.5) is 5.69 Å². The predicted octanol–water partition coefficient (Wildman–Crippen LogP) is 1.65. The minimum atomic E-state index is 0.150. The molecule has 19 heavy (non-hydrogen) atoms. The van der Waals surface area contributed by atoms with Gasteiger partial charge in [0.25, 0.3) is 0 Å². The van der Waals surface area contributed by atoms with Crippen LogP contribution in [-0.4, -0.2) is 46.1 Å². The zero-order chi connectivity index (χ0) is 13.7. The molecule has 0 radical (unpaired) electrons. The maximum atomic E-state index is 5.51. The van der Waals surface area contributed by atoms with Crippen molar-refractivity contribution in [1.29, 1.82) is 0 Å². The molecule has 1 N–H and O–H groups in total. The summed E-state index contributed by atoms with van der Waals surface area (Å²) < 4.78 is 11.0. The number of nitrogens with one attached hydrogen (secondary N) is 1. The predicted molar refractivity (Wildman–Crippen MR) is 77.6 cm³/mol. The van der Waals surface area contributed by atoms with Gasteiger partial charge >= 0.3 is 0 Å². The molecule has 2 unspecified atom stereocenters. The van der Waals surface area contributed by atoms with Crippen molar-refractivity contribution >= 4 is 5.69 Å². The summed E-state index contributed by atoms with van der Waals surface area (Å²) in [5.41, 5.74) is 2.61. The summed E-state index contributed by atoms with van der Waals surface area (Å²) in [6, 6.07) is 8.54. The van der Waals surface area contributed by atoms with Crippen molar-refractivity contribution in [2.75, 3.05) is 38.8 Å². The Kier molecular flexibility index (Phi) is 5.19. The van der Waals surface area contributed by atoms with Gasteiger partial charge in [0.2, 0.25) is 0 Å². The molecule has 0 spiro atoms. The highest BCUT2D eigenvalue weighted by Crippen LogP contribution is 2.26. The van der Waals surface area contributed by atoms with E-state index in [0.29, 0.717) is 0 Å². The second kappa shape index (κ2) is 6.89. The molecule has 1 fully saturated rings. The summed E-state index contributed by atoms with van der Waals surface area (Å²) >= 11 is 0. The minimum Gasteiger partial charge on any atom is -0.377 e. The van der Waals surface area contributed by atoms with Gasteiger partial charge in [-0.3, -0.25) is 0 Å². The number of para-hydroxylation sites is 1. The Morgan fingerprint density at radius 1 is 1.16 bits per heavy atom. The zero-order valence-electron chi connectivity index (χ0n) is 12.1. The van der Waals surface area contributed by atoms with E-state index in [-0.39, 0.29) is 12.2 Å². The third kappa shape index (κ3) is 3.26. The van der Waals surface area contributed by atoms with Gasteiger partial charge in [-0.05, 0) is 18.2 Å². The Bertz CT molecular complexity index is 385. The highest BCUT2D eigenvalue weighted by molar-refractivity contribution is 5.55. The van der Waals surface area contributed by atoms with Crippen molar-refractivity contribution in [3.8, 4) is 0 Å². The van der Waals surface area contributed by atoms with Crippen LogP contribution < -0.4 is 10.2 Å². The van der Waals surface area contributed by atoms with E-state index < -0.39 is 0 Å². The Morgan fingerprint density at radius 3 is 2.37 bits per heavy atom. The minimum absolute atomic E-state index is 0.150. The van der Waals surface area contributed by atoms with E-state index in [0.717, 1.165) is 26.2 Å². The van der Waals surface area contributed by atoms with Gasteiger partial charge in [-0.2, -0.15) is 0 Å². The molecule has 0 saturated carbocycles. The fourth-order valence-electron chi connectivity index (χ4n) is 2.62. The molecule has 1 saturated heterocycles. The van der Waals surface area contributed by atoms with Crippen LogP contribution in [0.15, 0.2) is 24.3 Å². The molecular formula is C15H24N2O2. The highest BCUT2D eigenvalue weighted by atomic mass is 16.5. The van der Waals surface area contributed by atoms with Crippen LogP contribution in [0.2, 0.25) is 0 Å². The van der Waals surface area contributed by atoms with Gasteiger partial charge in [-0.25, -0.2) is 0 Å². The maximum Gasteiger partial charge on any atom is 0.102 e. The van der Waals surface area contributed by atoms with Crippen LogP contribution in [0.1, 0.15) is 12.5 Å². The first kappa shape index (κ1) is 14.3. The van der Waals surface area contributed by atoms with Crippen LogP contribution in [0.5, 0.6) is 0 Å². The van der Waals surface area contributed by atoms with Crippen LogP contribution in [0, 0.1) is 0 Å². The van der Waals surface area contributed by atoms with E-state index in [4.69, 9.17) is 9.47 Å². The maximum absolute atomic E-state index is 5.51. The molecule has 1 aliphatic heterocycles. The lowest BCUT2D eigenvalue weighted by atomic mass is 10.1. The third-order valence-corrected chi connectivity index (χ3v) is 3.72. The van der Waals surface area contributed by atoms with Gasteiger partial charge < -0.3 is 19.7 Å². The van der Waals surface area contributed by atoms with Crippen molar-refractivity contribution in [1.82, 2.24) is 5.32 Å². The number of nitrogens with zero attached hydrogens (tertiary/aromatic N) is 1. The zero-order valence-corrected chi connectivity index (χ0v) is 12.1. The normalized spacial score (nSPS) is 23.0. The van der Waals surface area contributed by atoms with E-state index in [1.54, 1.807) is 14.2 Å². The van der Waals surface area contributed by atoms with Crippen LogP contribution in [0.25, 0.3) is 0 Å². The molecule has 4 nitrogen and oxygen atoms in total. The van der Waals surface area contributed by atoms with Crippen molar-refractivity contribution < 1.29 is 9.47 Å². The summed E-state index contributed by atoms with van der Waals surface area (Å²) in [4.78, 5) is 2.36. The molecule has 2 rings (SSSR count). The van der Waals surface area contributed by atoms with Gasteiger partial charge in [-0.15, -0.1) is 0 Å². The fraction of sp³-hybridized carbons (Fsp3) is 0.600. The number of benzene rings is 1. The molecular weight excluding hydrogens is 240 g/mol. The Balaban J connectivity index is 2.13. The molecule has 0 aromatic heterocycles. The number of anilines is 1. The van der Waals surface area contributed by atoms with Gasteiger partial charge in [0.1, 0.15) is 12.2 Å². The first-order chi connectivity index (χ1) is 9.30. The second-order valence-electron chi connectivity index (χ2n) is 4.86. The second-order valence-corrected chi connectivity index (χ2v) is 4.86. The third-order valence-electron chi connectivity index (χ3n) is 3.72. The van der Waals surface area contributed by atoms with Crippen molar-refractivity contribution in [3.63, 3.8) is 0 Å². The molecule has 2 atom stereocenters. The number of methoxy groups -OCH3 is 2. The molecule has 0 bridgehead atoms. The number of ether oxygens (including phenoxy) is 2. The molecule has 0 amide bonds. The number of rotatable bonds is 6. The summed E-state index contributed by atoms with van der Waals surface area (Å²) in [6.07, 6.45) is 0.300. The number of hydrogen-bond donors (Lipinski definition) is 1. The summed E-state index contributed by atoms with van der Waals surface area (Å²) in [7, 11) is 3.51. The Morgan fingerprint density at radius 2 is 1.79 bits per heavy atom. The van der Waals surface area contributed by atoms with Crippen LogP contribution in [0.3, 0.4) is 0 Å². The van der Waals surface area contributed by atoms with Crippen molar-refractivity contribution in [2.45, 2.75) is 25.7 Å². The van der Waals surface area contributed by atoms with Gasteiger partial charge in [0.05, 0.1) is 0 Å². The van der Waals surface area contributed by atoms with Crippen molar-refractivity contribution in [2.24, 2.45) is 0 Å². The first-order valence-corrected chi connectivity index (χ1v) is 6.89. The standard InChI is InChI=1S/C15H24N2O2/c1-4-16-9-12-7-5-6-8-13(12)17-10-14(18-2)15(11-17)19-3/h5-8,14-16H,4,9-11H2,1-3H3. The quantitative estimate of drug-likeness (QED) is 0.847. The molecule has 106 valence electrons. The molecule has 1 aromatic rings. The lowest BCUT2D eigenvalue weighted by Gasteiger charge is -2.21. The molecule has 0 aliphatic carbocycles. The molecule has 1 aliphatic rings. The summed E-state index contributed by atoms with van der Waals surface area (Å²) in [5, 5.41) is 3.39. The van der Waals surface area contributed by atoms with Crippen molar-refractivity contribution in [3.05, 3.63) is 29.8 Å². The molecule has 1 aromatic carbocycles. The SMILES string of the molecule is CCNCc1ccccc1N1CC(OC)C(OC)C1. The first-order valence-electron chi connectivity index (χ1n) is 6.89. The van der Waals surface area contributed by atoms with E-state index in [1.807, 2.05) is 0 Å². The van der Waals surface area contributed by atoms with E-state index in [9.17, 15) is 0 Å². The Labute approximate surface area is 115 Å². The fourth-order valence-corrected chi connectivity index (χ4v) is 2.62. The summed E-state index contributed by atoms with van der Waals surface area (Å²) in [5.74, 6) is 0. The Hall–Kier alpha value is -1.10. The largest absolute Gasteiger partial charge is 0.377 e. The molecule has 1 heterocycles. The highest BCUT2D eigenvalue weighted by Gasteiger charge is 2.33. The lowest BCUT2D eigenvalue weighted by Crippen LogP contribution is -2.27. The van der Waals surface area contributed by atoms with Gasteiger partial charge in [-0.1, -0.05) is 25.1 Å². The van der Waals surface area contributed by atoms with E-state index in [1.165, 1.54) is 11.3 Å². The lowest BCUT2D eigenvalue weighted by molar-refractivity contribution is -0.00461. The van der Waals surface area contributed by atoms with Crippen LogP contribution >= 0.6 is 0 Å². The number of hydrogen-bond acceptors (Lipinski definition) is 4. The average molecular weight is 264 g/mol. The van der Waals surface area contributed by atoms with E-state index in [2.05, 4.69) is 41.4 Å². The van der Waals surface area contributed by atoms with Crippen LogP contribution in [-0.2, 0) is 16.0 Å². The monoisotopic (exact) mass is 264 g/mol. The van der Waals surface area contributed by atoms with E-state index >= 15 is 0 Å². The average Bonchev–Trinajstić information content (AvgIpc) is 2.88. The summed E-state index contributed by atoms with van der Waals surface area (Å²) in [6.45, 7) is 5.78. The molecule has 4 heteroatoms. The van der Waals surface area contributed by atoms with Gasteiger partial charge in [0, 0.05) is 39.5 Å². The topological polar surface area (TPSA) is 33.7 Å². The van der Waals surface area contributed by atoms with Gasteiger partial charge in [0.15, 0.2) is 0 Å².